The molecule has 0 bridgehead atoms. The van der Waals surface area contributed by atoms with Gasteiger partial charge in [0.05, 0.1) is 16.8 Å². The van der Waals surface area contributed by atoms with Crippen LogP contribution >= 0.6 is 34.2 Å². The highest BCUT2D eigenvalue weighted by atomic mass is 127. The molecule has 0 unspecified atom stereocenters. The summed E-state index contributed by atoms with van der Waals surface area (Å²) in [6, 6.07) is 10.4. The Labute approximate surface area is 154 Å². The maximum Gasteiger partial charge on any atom is 0.255 e. The number of hydrogen-bond acceptors (Lipinski definition) is 3. The Kier molecular flexibility index (Phi) is 6.53. The Balaban J connectivity index is 2.27. The summed E-state index contributed by atoms with van der Waals surface area (Å²) in [5, 5.41) is 3.46. The Morgan fingerprint density at radius 3 is 2.39 bits per heavy atom. The van der Waals surface area contributed by atoms with Crippen molar-refractivity contribution in [1.82, 2.24) is 0 Å². The van der Waals surface area contributed by atoms with Crippen LogP contribution in [0.5, 0.6) is 11.5 Å². The lowest BCUT2D eigenvalue weighted by atomic mass is 10.1. The third-order valence-electron chi connectivity index (χ3n) is 2.96. The minimum absolute atomic E-state index is 0.214. The van der Waals surface area contributed by atoms with E-state index in [0.717, 1.165) is 3.57 Å². The second kappa shape index (κ2) is 8.40. The summed E-state index contributed by atoms with van der Waals surface area (Å²) in [5.74, 6) is 1.02. The minimum Gasteiger partial charge on any atom is -0.490 e. The summed E-state index contributed by atoms with van der Waals surface area (Å²) < 4.78 is 12.0. The van der Waals surface area contributed by atoms with Crippen molar-refractivity contribution in [3.63, 3.8) is 0 Å². The molecule has 0 spiro atoms. The number of rotatable bonds is 6. The van der Waals surface area contributed by atoms with Crippen molar-refractivity contribution in [2.45, 2.75) is 13.8 Å². The molecule has 2 aromatic rings. The first kappa shape index (κ1) is 17.9. The van der Waals surface area contributed by atoms with Crippen LogP contribution in [0.4, 0.5) is 5.69 Å². The normalized spacial score (nSPS) is 10.3. The van der Waals surface area contributed by atoms with E-state index in [1.807, 2.05) is 13.8 Å². The molecule has 0 aromatic heterocycles. The average molecular weight is 446 g/mol. The molecule has 0 aliphatic heterocycles. The van der Waals surface area contributed by atoms with Gasteiger partial charge in [0.15, 0.2) is 11.5 Å². The first-order valence-corrected chi connectivity index (χ1v) is 8.66. The molecule has 0 aliphatic rings. The third kappa shape index (κ3) is 4.75. The number of amides is 1. The smallest absolute Gasteiger partial charge is 0.255 e. The minimum atomic E-state index is -0.214. The zero-order valence-electron chi connectivity index (χ0n) is 12.9. The zero-order chi connectivity index (χ0) is 16.8. The molecule has 0 aliphatic carbocycles. The fourth-order valence-corrected chi connectivity index (χ4v) is 2.87. The van der Waals surface area contributed by atoms with Crippen molar-refractivity contribution in [2.75, 3.05) is 18.5 Å². The molecule has 1 amide bonds. The molecule has 2 rings (SSSR count). The van der Waals surface area contributed by atoms with E-state index in [2.05, 4.69) is 27.9 Å². The molecule has 4 nitrogen and oxygen atoms in total. The van der Waals surface area contributed by atoms with E-state index in [0.29, 0.717) is 41.0 Å². The first-order valence-electron chi connectivity index (χ1n) is 7.21. The lowest BCUT2D eigenvalue weighted by molar-refractivity contribution is 0.102. The van der Waals surface area contributed by atoms with Gasteiger partial charge in [-0.3, -0.25) is 4.79 Å². The van der Waals surface area contributed by atoms with Crippen LogP contribution in [0.25, 0.3) is 0 Å². The zero-order valence-corrected chi connectivity index (χ0v) is 15.8. The molecule has 6 heteroatoms. The van der Waals surface area contributed by atoms with Gasteiger partial charge in [-0.05, 0) is 72.8 Å². The number of ether oxygens (including phenoxy) is 2. The van der Waals surface area contributed by atoms with Crippen LogP contribution in [-0.4, -0.2) is 19.1 Å². The van der Waals surface area contributed by atoms with Crippen molar-refractivity contribution in [3.8, 4) is 11.5 Å². The third-order valence-corrected chi connectivity index (χ3v) is 4.02. The quantitative estimate of drug-likeness (QED) is 0.637. The number of halogens is 2. The summed E-state index contributed by atoms with van der Waals surface area (Å²) in [6.45, 7) is 4.83. The van der Waals surface area contributed by atoms with Gasteiger partial charge in [-0.1, -0.05) is 11.6 Å². The predicted molar refractivity (Wildman–Crippen MR) is 101 cm³/mol. The van der Waals surface area contributed by atoms with E-state index in [-0.39, 0.29) is 5.91 Å². The molecule has 122 valence electrons. The Morgan fingerprint density at radius 1 is 1.13 bits per heavy atom. The van der Waals surface area contributed by atoms with Gasteiger partial charge in [0.1, 0.15) is 0 Å². The summed E-state index contributed by atoms with van der Waals surface area (Å²) in [4.78, 5) is 12.4. The lowest BCUT2D eigenvalue weighted by Gasteiger charge is -2.14. The van der Waals surface area contributed by atoms with Crippen molar-refractivity contribution < 1.29 is 14.3 Å². The van der Waals surface area contributed by atoms with Crippen LogP contribution in [0.15, 0.2) is 36.4 Å². The summed E-state index contributed by atoms with van der Waals surface area (Å²) >= 11 is 7.99. The number of nitrogens with one attached hydrogen (secondary N) is 1. The SMILES string of the molecule is CCOc1cc(C(=O)Nc2ccc(Cl)cc2)cc(I)c1OCC. The van der Waals surface area contributed by atoms with Gasteiger partial charge in [0.2, 0.25) is 0 Å². The molecule has 1 N–H and O–H groups in total. The van der Waals surface area contributed by atoms with E-state index in [4.69, 9.17) is 21.1 Å². The molecule has 0 saturated carbocycles. The Bertz CT molecular complexity index is 689. The maximum atomic E-state index is 12.4. The highest BCUT2D eigenvalue weighted by molar-refractivity contribution is 14.1. The lowest BCUT2D eigenvalue weighted by Crippen LogP contribution is -2.13. The van der Waals surface area contributed by atoms with Gasteiger partial charge in [-0.15, -0.1) is 0 Å². The molecule has 0 heterocycles. The van der Waals surface area contributed by atoms with E-state index < -0.39 is 0 Å². The standard InChI is InChI=1S/C17H17ClINO3/c1-3-22-15-10-11(9-14(19)16(15)23-4-2)17(21)20-13-7-5-12(18)6-8-13/h5-10H,3-4H2,1-2H3,(H,20,21). The number of carbonyl (C=O) groups excluding carboxylic acids is 1. The molecule has 2 aromatic carbocycles. The number of anilines is 1. The Hall–Kier alpha value is -1.47. The van der Waals surface area contributed by atoms with Crippen molar-refractivity contribution in [3.05, 3.63) is 50.6 Å². The Morgan fingerprint density at radius 2 is 1.78 bits per heavy atom. The molecular weight excluding hydrogens is 429 g/mol. The van der Waals surface area contributed by atoms with Crippen molar-refractivity contribution >= 4 is 45.8 Å². The summed E-state index contributed by atoms with van der Waals surface area (Å²) in [6.07, 6.45) is 0. The molecule has 23 heavy (non-hydrogen) atoms. The average Bonchev–Trinajstić information content (AvgIpc) is 2.53. The highest BCUT2D eigenvalue weighted by Crippen LogP contribution is 2.34. The molecular formula is C17H17ClINO3. The van der Waals surface area contributed by atoms with Gasteiger partial charge in [0.25, 0.3) is 5.91 Å². The molecule has 0 fully saturated rings. The van der Waals surface area contributed by atoms with Crippen LogP contribution in [0.3, 0.4) is 0 Å². The van der Waals surface area contributed by atoms with Crippen molar-refractivity contribution in [1.29, 1.82) is 0 Å². The van der Waals surface area contributed by atoms with Crippen LogP contribution in [0.1, 0.15) is 24.2 Å². The van der Waals surface area contributed by atoms with Crippen LogP contribution in [0, 0.1) is 3.57 Å². The van der Waals surface area contributed by atoms with Crippen LogP contribution < -0.4 is 14.8 Å². The van der Waals surface area contributed by atoms with E-state index >= 15 is 0 Å². The van der Waals surface area contributed by atoms with Gasteiger partial charge in [0, 0.05) is 16.3 Å². The topological polar surface area (TPSA) is 47.6 Å². The second-order valence-corrected chi connectivity index (χ2v) is 6.21. The first-order chi connectivity index (χ1) is 11.0. The van der Waals surface area contributed by atoms with E-state index in [1.54, 1.807) is 36.4 Å². The van der Waals surface area contributed by atoms with Gasteiger partial charge >= 0.3 is 0 Å². The van der Waals surface area contributed by atoms with E-state index in [1.165, 1.54) is 0 Å². The number of hydrogen-bond donors (Lipinski definition) is 1. The van der Waals surface area contributed by atoms with Gasteiger partial charge in [-0.2, -0.15) is 0 Å². The van der Waals surface area contributed by atoms with Gasteiger partial charge in [-0.25, -0.2) is 0 Å². The summed E-state index contributed by atoms with van der Waals surface area (Å²) in [5.41, 5.74) is 1.19. The number of benzene rings is 2. The fraction of sp³-hybridized carbons (Fsp3) is 0.235. The largest absolute Gasteiger partial charge is 0.490 e. The van der Waals surface area contributed by atoms with E-state index in [9.17, 15) is 4.79 Å². The fourth-order valence-electron chi connectivity index (χ4n) is 1.98. The van der Waals surface area contributed by atoms with Crippen molar-refractivity contribution in [2.24, 2.45) is 0 Å². The monoisotopic (exact) mass is 445 g/mol. The van der Waals surface area contributed by atoms with Crippen LogP contribution in [-0.2, 0) is 0 Å². The number of carbonyl (C=O) groups is 1. The molecule has 0 radical (unpaired) electrons. The molecule has 0 saturated heterocycles. The second-order valence-electron chi connectivity index (χ2n) is 4.61. The predicted octanol–water partition coefficient (Wildman–Crippen LogP) is 4.99. The summed E-state index contributed by atoms with van der Waals surface area (Å²) in [7, 11) is 0. The maximum absolute atomic E-state index is 12.4. The van der Waals surface area contributed by atoms with Gasteiger partial charge < -0.3 is 14.8 Å². The highest BCUT2D eigenvalue weighted by Gasteiger charge is 2.16. The van der Waals surface area contributed by atoms with Crippen LogP contribution in [0.2, 0.25) is 5.02 Å². The molecule has 0 atom stereocenters.